The molecule has 0 atom stereocenters. The number of hydrogen-bond donors (Lipinski definition) is 2. The summed E-state index contributed by atoms with van der Waals surface area (Å²) >= 11 is 0. The number of aromatic nitrogens is 3. The maximum absolute atomic E-state index is 12.2. The summed E-state index contributed by atoms with van der Waals surface area (Å²) in [6, 6.07) is 16.0. The number of benzene rings is 2. The van der Waals surface area contributed by atoms with Crippen molar-refractivity contribution in [3.63, 3.8) is 0 Å². The normalized spacial score (nSPS) is 16.2. The van der Waals surface area contributed by atoms with E-state index in [1.54, 1.807) is 23.3 Å². The van der Waals surface area contributed by atoms with E-state index in [1.807, 2.05) is 54.6 Å². The van der Waals surface area contributed by atoms with Crippen LogP contribution in [0.5, 0.6) is 0 Å². The lowest BCUT2D eigenvalue weighted by Crippen LogP contribution is -2.16. The molecule has 0 spiro atoms. The molecule has 0 unspecified atom stereocenters. The highest BCUT2D eigenvalue weighted by atomic mass is 16.5. The molecule has 170 valence electrons. The van der Waals surface area contributed by atoms with E-state index in [9.17, 15) is 9.59 Å². The lowest BCUT2D eigenvalue weighted by molar-refractivity contribution is -0.136. The van der Waals surface area contributed by atoms with Crippen LogP contribution in [0.4, 0.5) is 11.4 Å². The first kappa shape index (κ1) is 21.4. The fourth-order valence-electron chi connectivity index (χ4n) is 4.13. The second kappa shape index (κ2) is 9.19. The standard InChI is InChI=1S/C26H23N5O3/c1-34-26(33)20-13-19(22-15-25(32)30-24(22)14-20)12-18-4-2-3-5-23(18)29-21-8-6-17(7-9-21)16-31-27-10-11-28-31/h2-12,14,29H,13,15-16H2,1H3,(H,30,32). The number of ether oxygens (including phenoxy) is 1. The van der Waals surface area contributed by atoms with Gasteiger partial charge in [0, 0.05) is 29.1 Å². The van der Waals surface area contributed by atoms with E-state index in [2.05, 4.69) is 20.8 Å². The van der Waals surface area contributed by atoms with Gasteiger partial charge in [0.2, 0.25) is 5.91 Å². The van der Waals surface area contributed by atoms with Crippen LogP contribution >= 0.6 is 0 Å². The molecular weight excluding hydrogens is 430 g/mol. The number of rotatable bonds is 6. The number of para-hydroxylation sites is 1. The number of methoxy groups -OCH3 is 1. The SMILES string of the molecule is COC(=O)C1=CC2=C(CC(=O)N2)C(=Cc2ccccc2Nc2ccc(Cn3nccn3)cc2)C1. The van der Waals surface area contributed by atoms with Crippen molar-refractivity contribution >= 4 is 29.3 Å². The summed E-state index contributed by atoms with van der Waals surface area (Å²) in [5.74, 6) is -0.467. The number of esters is 1. The monoisotopic (exact) mass is 453 g/mol. The zero-order valence-corrected chi connectivity index (χ0v) is 18.6. The van der Waals surface area contributed by atoms with Crippen molar-refractivity contribution in [1.29, 1.82) is 0 Å². The van der Waals surface area contributed by atoms with Crippen LogP contribution in [0.3, 0.4) is 0 Å². The van der Waals surface area contributed by atoms with Gasteiger partial charge in [-0.25, -0.2) is 4.79 Å². The van der Waals surface area contributed by atoms with E-state index < -0.39 is 5.97 Å². The molecule has 1 aliphatic heterocycles. The van der Waals surface area contributed by atoms with E-state index >= 15 is 0 Å². The van der Waals surface area contributed by atoms with Gasteiger partial charge in [0.15, 0.2) is 0 Å². The summed E-state index contributed by atoms with van der Waals surface area (Å²) in [6.45, 7) is 0.607. The minimum absolute atomic E-state index is 0.0740. The number of allylic oxidation sites excluding steroid dienone is 2. The van der Waals surface area contributed by atoms with Crippen LogP contribution in [0.2, 0.25) is 0 Å². The van der Waals surface area contributed by atoms with Gasteiger partial charge in [-0.2, -0.15) is 15.0 Å². The van der Waals surface area contributed by atoms with Gasteiger partial charge in [0.1, 0.15) is 0 Å². The Hall–Kier alpha value is -4.46. The molecule has 2 N–H and O–H groups in total. The number of nitrogens with one attached hydrogen (secondary N) is 2. The Kier molecular flexibility index (Phi) is 5.78. The molecule has 5 rings (SSSR count). The van der Waals surface area contributed by atoms with Crippen LogP contribution in [0.25, 0.3) is 6.08 Å². The molecule has 0 saturated heterocycles. The maximum Gasteiger partial charge on any atom is 0.334 e. The summed E-state index contributed by atoms with van der Waals surface area (Å²) in [5, 5.41) is 14.6. The highest BCUT2D eigenvalue weighted by Gasteiger charge is 2.29. The van der Waals surface area contributed by atoms with Gasteiger partial charge >= 0.3 is 5.97 Å². The Labute approximate surface area is 196 Å². The first-order valence-corrected chi connectivity index (χ1v) is 10.9. The predicted molar refractivity (Wildman–Crippen MR) is 128 cm³/mol. The molecule has 8 heteroatoms. The Morgan fingerprint density at radius 2 is 1.88 bits per heavy atom. The van der Waals surface area contributed by atoms with Crippen molar-refractivity contribution in [2.75, 3.05) is 12.4 Å². The van der Waals surface area contributed by atoms with Gasteiger partial charge in [0.05, 0.1) is 32.5 Å². The second-order valence-electron chi connectivity index (χ2n) is 8.09. The first-order chi connectivity index (χ1) is 16.6. The molecule has 34 heavy (non-hydrogen) atoms. The van der Waals surface area contributed by atoms with Gasteiger partial charge in [-0.15, -0.1) is 0 Å². The topological polar surface area (TPSA) is 98.1 Å². The van der Waals surface area contributed by atoms with Crippen LogP contribution in [0, 0.1) is 0 Å². The fraction of sp³-hybridized carbons (Fsp3) is 0.154. The molecule has 2 aromatic carbocycles. The smallest absolute Gasteiger partial charge is 0.334 e. The molecule has 2 aliphatic rings. The third-order valence-corrected chi connectivity index (χ3v) is 5.79. The summed E-state index contributed by atoms with van der Waals surface area (Å²) < 4.78 is 4.92. The molecule has 3 aromatic rings. The molecule has 8 nitrogen and oxygen atoms in total. The Morgan fingerprint density at radius 1 is 1.12 bits per heavy atom. The number of hydrogen-bond acceptors (Lipinski definition) is 6. The van der Waals surface area contributed by atoms with Gasteiger partial charge < -0.3 is 15.4 Å². The van der Waals surface area contributed by atoms with Crippen molar-refractivity contribution in [2.45, 2.75) is 19.4 Å². The van der Waals surface area contributed by atoms with Gasteiger partial charge in [-0.1, -0.05) is 30.3 Å². The number of carbonyl (C=O) groups is 2. The van der Waals surface area contributed by atoms with Crippen molar-refractivity contribution < 1.29 is 14.3 Å². The molecule has 0 bridgehead atoms. The van der Waals surface area contributed by atoms with Crippen LogP contribution < -0.4 is 10.6 Å². The molecule has 1 amide bonds. The van der Waals surface area contributed by atoms with Crippen molar-refractivity contribution in [3.05, 3.63) is 101 Å². The molecule has 0 radical (unpaired) electrons. The number of carbonyl (C=O) groups excluding carboxylic acids is 2. The predicted octanol–water partition coefficient (Wildman–Crippen LogP) is 3.73. The van der Waals surface area contributed by atoms with Crippen molar-refractivity contribution in [3.8, 4) is 0 Å². The van der Waals surface area contributed by atoms with Crippen LogP contribution in [0.15, 0.2) is 89.4 Å². The second-order valence-corrected chi connectivity index (χ2v) is 8.09. The molecule has 0 saturated carbocycles. The molecule has 2 heterocycles. The Bertz CT molecular complexity index is 1340. The third-order valence-electron chi connectivity index (χ3n) is 5.79. The average molecular weight is 454 g/mol. The molecule has 0 fully saturated rings. The lowest BCUT2D eigenvalue weighted by Gasteiger charge is -2.18. The van der Waals surface area contributed by atoms with E-state index in [4.69, 9.17) is 4.74 Å². The van der Waals surface area contributed by atoms with Gasteiger partial charge in [-0.05, 0) is 52.6 Å². The van der Waals surface area contributed by atoms with Crippen molar-refractivity contribution in [2.24, 2.45) is 0 Å². The zero-order chi connectivity index (χ0) is 23.5. The first-order valence-electron chi connectivity index (χ1n) is 10.9. The van der Waals surface area contributed by atoms with Crippen LogP contribution in [-0.2, 0) is 20.9 Å². The summed E-state index contributed by atoms with van der Waals surface area (Å²) in [4.78, 5) is 25.9. The number of amides is 1. The maximum atomic E-state index is 12.2. The summed E-state index contributed by atoms with van der Waals surface area (Å²) in [5.41, 5.74) is 6.96. The highest BCUT2D eigenvalue weighted by Crippen LogP contribution is 2.36. The lowest BCUT2D eigenvalue weighted by atomic mass is 9.89. The summed E-state index contributed by atoms with van der Waals surface area (Å²) in [6.07, 6.45) is 7.78. The van der Waals surface area contributed by atoms with Crippen LogP contribution in [-0.4, -0.2) is 34.0 Å². The molecule has 1 aromatic heterocycles. The minimum Gasteiger partial charge on any atom is -0.466 e. The van der Waals surface area contributed by atoms with Gasteiger partial charge in [-0.3, -0.25) is 4.79 Å². The van der Waals surface area contributed by atoms with E-state index in [-0.39, 0.29) is 5.91 Å². The van der Waals surface area contributed by atoms with Gasteiger partial charge in [0.25, 0.3) is 0 Å². The Balaban J connectivity index is 1.40. The quantitative estimate of drug-likeness (QED) is 0.552. The minimum atomic E-state index is -0.393. The van der Waals surface area contributed by atoms with E-state index in [1.165, 1.54) is 7.11 Å². The van der Waals surface area contributed by atoms with Crippen LogP contribution in [0.1, 0.15) is 24.0 Å². The fourth-order valence-corrected chi connectivity index (χ4v) is 4.13. The van der Waals surface area contributed by atoms with E-state index in [0.29, 0.717) is 30.7 Å². The molecular formula is C26H23N5O3. The number of nitrogens with zero attached hydrogens (tertiary/aromatic N) is 3. The summed E-state index contributed by atoms with van der Waals surface area (Å²) in [7, 11) is 1.36. The Morgan fingerprint density at radius 3 is 2.65 bits per heavy atom. The highest BCUT2D eigenvalue weighted by molar-refractivity contribution is 5.95. The largest absolute Gasteiger partial charge is 0.466 e. The third kappa shape index (κ3) is 4.52. The zero-order valence-electron chi connectivity index (χ0n) is 18.6. The molecule has 1 aliphatic carbocycles. The van der Waals surface area contributed by atoms with Crippen molar-refractivity contribution in [1.82, 2.24) is 20.3 Å². The average Bonchev–Trinajstić information content (AvgIpc) is 3.50. The van der Waals surface area contributed by atoms with E-state index in [0.717, 1.165) is 33.6 Å². The number of anilines is 2.